The first-order valence-electron chi connectivity index (χ1n) is 7.15. The molecule has 0 aliphatic heterocycles. The largest absolute Gasteiger partial charge is 0.333 e. The van der Waals surface area contributed by atoms with Crippen LogP contribution in [0.1, 0.15) is 23.0 Å². The zero-order chi connectivity index (χ0) is 15.5. The van der Waals surface area contributed by atoms with Crippen molar-refractivity contribution in [1.82, 2.24) is 14.3 Å². The Morgan fingerprint density at radius 3 is 2.77 bits per heavy atom. The molecule has 0 aliphatic rings. The second-order valence-electron chi connectivity index (χ2n) is 4.98. The van der Waals surface area contributed by atoms with E-state index in [2.05, 4.69) is 27.6 Å². The van der Waals surface area contributed by atoms with E-state index in [9.17, 15) is 4.79 Å². The summed E-state index contributed by atoms with van der Waals surface area (Å²) in [6.45, 7) is 3.20. The molecule has 2 aromatic heterocycles. The van der Waals surface area contributed by atoms with Gasteiger partial charge in [-0.2, -0.15) is 0 Å². The lowest BCUT2D eigenvalue weighted by Gasteiger charge is -2.21. The maximum atomic E-state index is 12.8. The van der Waals surface area contributed by atoms with Gasteiger partial charge in [-0.3, -0.25) is 4.79 Å². The number of nitrogens with zero attached hydrogens (tertiary/aromatic N) is 3. The standard InChI is InChI=1S/C17H16IN3O/c1-2-20(17(22)14-7-3-4-8-15(14)18)12-13-11-19-16-9-5-6-10-21(13)16/h3-11H,2,12H2,1H3. The fraction of sp³-hybridized carbons (Fsp3) is 0.176. The number of hydrogen-bond donors (Lipinski definition) is 0. The van der Waals surface area contributed by atoms with Crippen LogP contribution in [0.25, 0.3) is 5.65 Å². The van der Waals surface area contributed by atoms with E-state index >= 15 is 0 Å². The number of benzene rings is 1. The topological polar surface area (TPSA) is 37.6 Å². The summed E-state index contributed by atoms with van der Waals surface area (Å²) in [6, 6.07) is 13.6. The maximum Gasteiger partial charge on any atom is 0.255 e. The van der Waals surface area contributed by atoms with Crippen LogP contribution in [0.5, 0.6) is 0 Å². The molecule has 0 bridgehead atoms. The number of hydrogen-bond acceptors (Lipinski definition) is 2. The van der Waals surface area contributed by atoms with Crippen LogP contribution >= 0.6 is 22.6 Å². The highest BCUT2D eigenvalue weighted by molar-refractivity contribution is 14.1. The van der Waals surface area contributed by atoms with Crippen LogP contribution in [0, 0.1) is 3.57 Å². The van der Waals surface area contributed by atoms with E-state index < -0.39 is 0 Å². The lowest BCUT2D eigenvalue weighted by Crippen LogP contribution is -2.31. The summed E-state index contributed by atoms with van der Waals surface area (Å²) < 4.78 is 2.99. The van der Waals surface area contributed by atoms with E-state index in [1.54, 1.807) is 0 Å². The monoisotopic (exact) mass is 405 g/mol. The minimum atomic E-state index is 0.0541. The van der Waals surface area contributed by atoms with Crippen LogP contribution in [0.15, 0.2) is 54.9 Å². The number of fused-ring (bicyclic) bond motifs is 1. The molecule has 0 unspecified atom stereocenters. The Morgan fingerprint density at radius 1 is 1.23 bits per heavy atom. The molecule has 0 radical (unpaired) electrons. The zero-order valence-electron chi connectivity index (χ0n) is 12.2. The number of amides is 1. The number of carbonyl (C=O) groups excluding carboxylic acids is 1. The van der Waals surface area contributed by atoms with Crippen molar-refractivity contribution in [2.75, 3.05) is 6.54 Å². The van der Waals surface area contributed by atoms with Gasteiger partial charge in [0.05, 0.1) is 24.0 Å². The molecule has 0 saturated heterocycles. The van der Waals surface area contributed by atoms with Crippen molar-refractivity contribution in [3.63, 3.8) is 0 Å². The fourth-order valence-corrected chi connectivity index (χ4v) is 3.05. The van der Waals surface area contributed by atoms with Crippen LogP contribution in [0.2, 0.25) is 0 Å². The lowest BCUT2D eigenvalue weighted by molar-refractivity contribution is 0.0749. The summed E-state index contributed by atoms with van der Waals surface area (Å²) in [7, 11) is 0. The molecule has 0 atom stereocenters. The van der Waals surface area contributed by atoms with Crippen molar-refractivity contribution in [3.8, 4) is 0 Å². The Bertz CT molecular complexity index is 812. The normalized spacial score (nSPS) is 10.8. The molecule has 3 rings (SSSR count). The van der Waals surface area contributed by atoms with E-state index in [1.165, 1.54) is 0 Å². The number of imidazole rings is 1. The number of rotatable bonds is 4. The Labute approximate surface area is 142 Å². The van der Waals surface area contributed by atoms with E-state index in [1.807, 2.05) is 71.1 Å². The van der Waals surface area contributed by atoms with Crippen molar-refractivity contribution < 1.29 is 4.79 Å². The number of aromatic nitrogens is 2. The Morgan fingerprint density at radius 2 is 2.00 bits per heavy atom. The van der Waals surface area contributed by atoms with Gasteiger partial charge in [-0.05, 0) is 53.8 Å². The van der Waals surface area contributed by atoms with Gasteiger partial charge in [-0.25, -0.2) is 4.98 Å². The first-order valence-corrected chi connectivity index (χ1v) is 8.23. The average molecular weight is 405 g/mol. The smallest absolute Gasteiger partial charge is 0.255 e. The molecule has 2 heterocycles. The molecule has 1 amide bonds. The van der Waals surface area contributed by atoms with Gasteiger partial charge < -0.3 is 9.30 Å². The minimum Gasteiger partial charge on any atom is -0.333 e. The second kappa shape index (κ2) is 6.48. The predicted octanol–water partition coefficient (Wildman–Crippen LogP) is 3.60. The number of pyridine rings is 1. The Hall–Kier alpha value is -1.89. The minimum absolute atomic E-state index is 0.0541. The molecular weight excluding hydrogens is 389 g/mol. The van der Waals surface area contributed by atoms with Gasteiger partial charge in [-0.1, -0.05) is 18.2 Å². The van der Waals surface area contributed by atoms with Gasteiger partial charge in [-0.15, -0.1) is 0 Å². The highest BCUT2D eigenvalue weighted by Crippen LogP contribution is 2.16. The molecule has 0 spiro atoms. The first kappa shape index (κ1) is 15.0. The summed E-state index contributed by atoms with van der Waals surface area (Å²) >= 11 is 2.20. The zero-order valence-corrected chi connectivity index (χ0v) is 14.4. The van der Waals surface area contributed by atoms with Crippen LogP contribution in [-0.4, -0.2) is 26.7 Å². The third kappa shape index (κ3) is 2.85. The molecule has 3 aromatic rings. The van der Waals surface area contributed by atoms with Crippen molar-refractivity contribution in [2.45, 2.75) is 13.5 Å². The van der Waals surface area contributed by atoms with Gasteiger partial charge in [0.25, 0.3) is 5.91 Å². The summed E-state index contributed by atoms with van der Waals surface area (Å²) in [6.07, 6.45) is 3.81. The quantitative estimate of drug-likeness (QED) is 0.623. The van der Waals surface area contributed by atoms with Gasteiger partial charge in [0, 0.05) is 16.3 Å². The third-order valence-electron chi connectivity index (χ3n) is 3.62. The molecule has 0 saturated carbocycles. The first-order chi connectivity index (χ1) is 10.7. The summed E-state index contributed by atoms with van der Waals surface area (Å²) in [4.78, 5) is 19.0. The highest BCUT2D eigenvalue weighted by Gasteiger charge is 2.18. The van der Waals surface area contributed by atoms with Crippen LogP contribution in [0.3, 0.4) is 0 Å². The molecule has 0 fully saturated rings. The summed E-state index contributed by atoms with van der Waals surface area (Å²) in [5.74, 6) is 0.0541. The molecule has 0 N–H and O–H groups in total. The Kier molecular flexibility index (Phi) is 4.42. The molecule has 112 valence electrons. The predicted molar refractivity (Wildman–Crippen MR) is 94.8 cm³/mol. The van der Waals surface area contributed by atoms with Crippen molar-refractivity contribution in [2.24, 2.45) is 0 Å². The lowest BCUT2D eigenvalue weighted by atomic mass is 10.2. The van der Waals surface area contributed by atoms with Gasteiger partial charge in [0.2, 0.25) is 0 Å². The molecule has 1 aromatic carbocycles. The van der Waals surface area contributed by atoms with Crippen molar-refractivity contribution in [3.05, 3.63) is 69.7 Å². The van der Waals surface area contributed by atoms with Gasteiger partial charge >= 0.3 is 0 Å². The SMILES string of the molecule is CCN(Cc1cnc2ccccn12)C(=O)c1ccccc1I. The molecular formula is C17H16IN3O. The third-order valence-corrected chi connectivity index (χ3v) is 4.56. The van der Waals surface area contributed by atoms with Crippen LogP contribution in [0.4, 0.5) is 0 Å². The maximum absolute atomic E-state index is 12.8. The van der Waals surface area contributed by atoms with E-state index in [0.717, 1.165) is 20.5 Å². The van der Waals surface area contributed by atoms with Crippen molar-refractivity contribution >= 4 is 34.1 Å². The Balaban J connectivity index is 1.89. The highest BCUT2D eigenvalue weighted by atomic mass is 127. The number of halogens is 1. The van der Waals surface area contributed by atoms with Gasteiger partial charge in [0.15, 0.2) is 0 Å². The van der Waals surface area contributed by atoms with Crippen molar-refractivity contribution in [1.29, 1.82) is 0 Å². The van der Waals surface area contributed by atoms with Gasteiger partial charge in [0.1, 0.15) is 5.65 Å². The molecule has 5 heteroatoms. The fourth-order valence-electron chi connectivity index (χ4n) is 2.43. The molecule has 4 nitrogen and oxygen atoms in total. The van der Waals surface area contributed by atoms with E-state index in [4.69, 9.17) is 0 Å². The van der Waals surface area contributed by atoms with Crippen LogP contribution in [-0.2, 0) is 6.54 Å². The molecule has 22 heavy (non-hydrogen) atoms. The summed E-state index contributed by atoms with van der Waals surface area (Å²) in [5, 5.41) is 0. The van der Waals surface area contributed by atoms with Crippen LogP contribution < -0.4 is 0 Å². The average Bonchev–Trinajstić information content (AvgIpc) is 2.95. The summed E-state index contributed by atoms with van der Waals surface area (Å²) in [5.41, 5.74) is 2.66. The second-order valence-corrected chi connectivity index (χ2v) is 6.14. The molecule has 0 aliphatic carbocycles. The number of carbonyl (C=O) groups is 1. The van der Waals surface area contributed by atoms with E-state index in [-0.39, 0.29) is 5.91 Å². The van der Waals surface area contributed by atoms with E-state index in [0.29, 0.717) is 13.1 Å².